The molecule has 1 aliphatic rings. The number of hydrogen-bond acceptors (Lipinski definition) is 4. The first kappa shape index (κ1) is 17.9. The third-order valence-corrected chi connectivity index (χ3v) is 4.67. The quantitative estimate of drug-likeness (QED) is 0.596. The Hall–Kier alpha value is -2.89. The molecule has 0 heterocycles. The van der Waals surface area contributed by atoms with Gasteiger partial charge < -0.3 is 10.1 Å². The van der Waals surface area contributed by atoms with Crippen molar-refractivity contribution in [1.82, 2.24) is 0 Å². The smallest absolute Gasteiger partial charge is 0.282 e. The zero-order valence-corrected chi connectivity index (χ0v) is 14.5. The molecule has 6 heteroatoms. The van der Waals surface area contributed by atoms with E-state index in [9.17, 15) is 14.9 Å². The van der Waals surface area contributed by atoms with Crippen molar-refractivity contribution in [2.75, 3.05) is 11.9 Å². The molecule has 6 nitrogen and oxygen atoms in total. The van der Waals surface area contributed by atoms with Crippen molar-refractivity contribution in [1.29, 1.82) is 0 Å². The van der Waals surface area contributed by atoms with Gasteiger partial charge in [-0.2, -0.15) is 0 Å². The molecule has 136 valence electrons. The van der Waals surface area contributed by atoms with Gasteiger partial charge in [0.25, 0.3) is 11.6 Å². The number of benzene rings is 2. The summed E-state index contributed by atoms with van der Waals surface area (Å²) in [6.07, 6.45) is 6.34. The minimum atomic E-state index is -0.558. The molecule has 2 aromatic carbocycles. The first-order valence-electron chi connectivity index (χ1n) is 8.91. The number of hydrogen-bond donors (Lipinski definition) is 1. The van der Waals surface area contributed by atoms with Gasteiger partial charge in [0, 0.05) is 11.8 Å². The summed E-state index contributed by atoms with van der Waals surface area (Å²) in [7, 11) is 0. The Balaban J connectivity index is 1.58. The van der Waals surface area contributed by atoms with Gasteiger partial charge in [0.15, 0.2) is 0 Å². The summed E-state index contributed by atoms with van der Waals surface area (Å²) in [4.78, 5) is 22.8. The second-order valence-corrected chi connectivity index (χ2v) is 6.57. The van der Waals surface area contributed by atoms with Crippen LogP contribution in [-0.2, 0) is 0 Å². The Kier molecular flexibility index (Phi) is 5.84. The van der Waals surface area contributed by atoms with E-state index in [1.165, 1.54) is 50.3 Å². The van der Waals surface area contributed by atoms with Crippen LogP contribution in [0.15, 0.2) is 48.5 Å². The standard InChI is InChI=1S/C20H22N2O4/c23-20(18-8-4-5-9-19(18)22(24)25)21-16-10-12-17(13-11-16)26-14-15-6-2-1-3-7-15/h4-5,8-13,15H,1-3,6-7,14H2,(H,21,23). The van der Waals surface area contributed by atoms with Crippen LogP contribution in [0, 0.1) is 16.0 Å². The van der Waals surface area contributed by atoms with E-state index in [1.54, 1.807) is 30.3 Å². The average Bonchev–Trinajstić information content (AvgIpc) is 2.68. The summed E-state index contributed by atoms with van der Waals surface area (Å²) in [6, 6.07) is 13.0. The summed E-state index contributed by atoms with van der Waals surface area (Å²) in [5.41, 5.74) is 0.394. The maximum absolute atomic E-state index is 12.3. The summed E-state index contributed by atoms with van der Waals surface area (Å²) < 4.78 is 5.84. The number of nitro groups is 1. The molecule has 1 fully saturated rings. The molecule has 0 radical (unpaired) electrons. The monoisotopic (exact) mass is 354 g/mol. The van der Waals surface area contributed by atoms with Gasteiger partial charge in [-0.3, -0.25) is 14.9 Å². The SMILES string of the molecule is O=C(Nc1ccc(OCC2CCCCC2)cc1)c1ccccc1[N+](=O)[O-]. The summed E-state index contributed by atoms with van der Waals surface area (Å²) in [5, 5.41) is 13.7. The molecule has 0 bridgehead atoms. The Morgan fingerprint density at radius 3 is 2.46 bits per heavy atom. The van der Waals surface area contributed by atoms with Crippen LogP contribution in [-0.4, -0.2) is 17.4 Å². The van der Waals surface area contributed by atoms with Crippen LogP contribution >= 0.6 is 0 Å². The minimum Gasteiger partial charge on any atom is -0.493 e. The molecule has 1 N–H and O–H groups in total. The molecular formula is C20H22N2O4. The van der Waals surface area contributed by atoms with Gasteiger partial charge in [0.1, 0.15) is 11.3 Å². The molecule has 0 saturated heterocycles. The van der Waals surface area contributed by atoms with Crippen molar-refractivity contribution in [3.8, 4) is 5.75 Å². The number of para-hydroxylation sites is 1. The molecule has 0 unspecified atom stereocenters. The third kappa shape index (κ3) is 4.59. The number of carbonyl (C=O) groups excluding carboxylic acids is 1. The number of nitro benzene ring substituents is 1. The fourth-order valence-corrected chi connectivity index (χ4v) is 3.23. The van der Waals surface area contributed by atoms with Crippen LogP contribution in [0.4, 0.5) is 11.4 Å². The lowest BCUT2D eigenvalue weighted by molar-refractivity contribution is -0.385. The van der Waals surface area contributed by atoms with E-state index in [4.69, 9.17) is 4.74 Å². The summed E-state index contributed by atoms with van der Waals surface area (Å²) in [6.45, 7) is 0.724. The summed E-state index contributed by atoms with van der Waals surface area (Å²) >= 11 is 0. The Bertz CT molecular complexity index is 768. The van der Waals surface area contributed by atoms with E-state index in [1.807, 2.05) is 0 Å². The Morgan fingerprint density at radius 2 is 1.77 bits per heavy atom. The van der Waals surface area contributed by atoms with Gasteiger partial charge >= 0.3 is 0 Å². The van der Waals surface area contributed by atoms with Crippen molar-refractivity contribution < 1.29 is 14.5 Å². The molecule has 1 saturated carbocycles. The van der Waals surface area contributed by atoms with Crippen molar-refractivity contribution in [2.24, 2.45) is 5.92 Å². The number of nitrogens with one attached hydrogen (secondary N) is 1. The van der Waals surface area contributed by atoms with E-state index in [0.717, 1.165) is 12.4 Å². The number of nitrogens with zero attached hydrogens (tertiary/aromatic N) is 1. The maximum Gasteiger partial charge on any atom is 0.282 e. The van der Waals surface area contributed by atoms with E-state index >= 15 is 0 Å². The molecule has 0 spiro atoms. The first-order chi connectivity index (χ1) is 12.6. The predicted molar refractivity (Wildman–Crippen MR) is 99.6 cm³/mol. The van der Waals surface area contributed by atoms with E-state index in [2.05, 4.69) is 5.32 Å². The van der Waals surface area contributed by atoms with Gasteiger partial charge in [-0.15, -0.1) is 0 Å². The van der Waals surface area contributed by atoms with Crippen LogP contribution in [0.5, 0.6) is 5.75 Å². The highest BCUT2D eigenvalue weighted by molar-refractivity contribution is 6.07. The van der Waals surface area contributed by atoms with Crippen LogP contribution in [0.2, 0.25) is 0 Å². The van der Waals surface area contributed by atoms with E-state index < -0.39 is 10.8 Å². The number of ether oxygens (including phenoxy) is 1. The third-order valence-electron chi connectivity index (χ3n) is 4.67. The van der Waals surface area contributed by atoms with Crippen molar-refractivity contribution in [3.05, 3.63) is 64.2 Å². The minimum absolute atomic E-state index is 0.0372. The van der Waals surface area contributed by atoms with Gasteiger partial charge in [-0.1, -0.05) is 31.4 Å². The highest BCUT2D eigenvalue weighted by Crippen LogP contribution is 2.25. The Morgan fingerprint density at radius 1 is 1.08 bits per heavy atom. The second kappa shape index (κ2) is 8.47. The number of carbonyl (C=O) groups is 1. The molecule has 1 aliphatic carbocycles. The molecule has 0 aromatic heterocycles. The van der Waals surface area contributed by atoms with Gasteiger partial charge in [0.05, 0.1) is 11.5 Å². The summed E-state index contributed by atoms with van der Waals surface area (Å²) in [5.74, 6) is 0.884. The van der Waals surface area contributed by atoms with E-state index in [0.29, 0.717) is 11.6 Å². The molecule has 3 rings (SSSR count). The van der Waals surface area contributed by atoms with Crippen LogP contribution in [0.3, 0.4) is 0 Å². The lowest BCUT2D eigenvalue weighted by Gasteiger charge is -2.21. The van der Waals surface area contributed by atoms with E-state index in [-0.39, 0.29) is 11.3 Å². The van der Waals surface area contributed by atoms with Crippen LogP contribution in [0.25, 0.3) is 0 Å². The second-order valence-electron chi connectivity index (χ2n) is 6.57. The lowest BCUT2D eigenvalue weighted by Crippen LogP contribution is -2.15. The van der Waals surface area contributed by atoms with Crippen LogP contribution in [0.1, 0.15) is 42.5 Å². The molecule has 1 amide bonds. The van der Waals surface area contributed by atoms with Gasteiger partial charge in [0.2, 0.25) is 0 Å². The topological polar surface area (TPSA) is 81.5 Å². The lowest BCUT2D eigenvalue weighted by atomic mass is 9.90. The van der Waals surface area contributed by atoms with Crippen molar-refractivity contribution in [2.45, 2.75) is 32.1 Å². The normalized spacial score (nSPS) is 14.6. The fraction of sp³-hybridized carbons (Fsp3) is 0.350. The Labute approximate surface area is 152 Å². The fourth-order valence-electron chi connectivity index (χ4n) is 3.23. The zero-order chi connectivity index (χ0) is 18.4. The molecular weight excluding hydrogens is 332 g/mol. The van der Waals surface area contributed by atoms with Crippen molar-refractivity contribution >= 4 is 17.3 Å². The average molecular weight is 354 g/mol. The maximum atomic E-state index is 12.3. The highest BCUT2D eigenvalue weighted by Gasteiger charge is 2.19. The predicted octanol–water partition coefficient (Wildman–Crippen LogP) is 4.81. The molecule has 0 aliphatic heterocycles. The molecule has 2 aromatic rings. The number of rotatable bonds is 6. The number of amides is 1. The van der Waals surface area contributed by atoms with Crippen LogP contribution < -0.4 is 10.1 Å². The number of anilines is 1. The zero-order valence-electron chi connectivity index (χ0n) is 14.5. The molecule has 26 heavy (non-hydrogen) atoms. The highest BCUT2D eigenvalue weighted by atomic mass is 16.6. The first-order valence-corrected chi connectivity index (χ1v) is 8.91. The van der Waals surface area contributed by atoms with Gasteiger partial charge in [-0.25, -0.2) is 0 Å². The van der Waals surface area contributed by atoms with Gasteiger partial charge in [-0.05, 0) is 49.1 Å². The molecule has 0 atom stereocenters. The van der Waals surface area contributed by atoms with Crippen molar-refractivity contribution in [3.63, 3.8) is 0 Å². The largest absolute Gasteiger partial charge is 0.493 e.